The van der Waals surface area contributed by atoms with Gasteiger partial charge in [0.15, 0.2) is 0 Å². The van der Waals surface area contributed by atoms with Gasteiger partial charge in [-0.05, 0) is 37.7 Å². The van der Waals surface area contributed by atoms with Crippen molar-refractivity contribution >= 4 is 46.8 Å². The van der Waals surface area contributed by atoms with Crippen molar-refractivity contribution in [3.05, 3.63) is 146 Å². The minimum Gasteiger partial charge on any atom is -0.287 e. The van der Waals surface area contributed by atoms with E-state index in [-0.39, 0.29) is 6.04 Å². The number of rotatable bonds is 7. The van der Waals surface area contributed by atoms with Gasteiger partial charge in [-0.3, -0.25) is 4.74 Å². The van der Waals surface area contributed by atoms with Crippen LogP contribution in [-0.2, 0) is 0 Å². The number of benzene rings is 5. The number of nitrogens with zero attached hydrogens (tertiary/aromatic N) is 1. The molecule has 0 fully saturated rings. The maximum Gasteiger partial charge on any atom is 0.0557 e. The molecule has 0 radical (unpaired) electrons. The Balaban J connectivity index is 1.89. The van der Waals surface area contributed by atoms with Crippen molar-refractivity contribution < 1.29 is 0 Å². The van der Waals surface area contributed by atoms with Gasteiger partial charge in [-0.2, -0.15) is 0 Å². The summed E-state index contributed by atoms with van der Waals surface area (Å²) >= 11 is 0. The molecule has 0 heterocycles. The van der Waals surface area contributed by atoms with Gasteiger partial charge in [0.2, 0.25) is 0 Å². The highest BCUT2D eigenvalue weighted by Gasteiger charge is 2.32. The lowest BCUT2D eigenvalue weighted by Crippen LogP contribution is -2.37. The zero-order chi connectivity index (χ0) is 24.8. The van der Waals surface area contributed by atoms with Crippen LogP contribution in [0.2, 0.25) is 0 Å². The molecule has 0 aromatic heterocycles. The van der Waals surface area contributed by atoms with Crippen LogP contribution >= 0.6 is 15.0 Å². The molecule has 0 aliphatic heterocycles. The Kier molecular flexibility index (Phi) is 7.62. The maximum absolute atomic E-state index is 5.67. The predicted octanol–water partition coefficient (Wildman–Crippen LogP) is 6.33. The van der Waals surface area contributed by atoms with Crippen LogP contribution in [0.1, 0.15) is 13.8 Å². The van der Waals surface area contributed by atoms with Gasteiger partial charge in [-0.15, -0.1) is 0 Å². The fourth-order valence-electron chi connectivity index (χ4n) is 4.76. The van der Waals surface area contributed by atoms with Crippen LogP contribution in [-0.4, -0.2) is 6.04 Å². The molecule has 0 amide bonds. The first-order chi connectivity index (χ1) is 17.7. The molecule has 0 N–H and O–H groups in total. The summed E-state index contributed by atoms with van der Waals surface area (Å²) in [6, 6.07) is 53.1. The first-order valence-corrected chi connectivity index (χ1v) is 15.5. The molecule has 5 aromatic carbocycles. The van der Waals surface area contributed by atoms with Crippen molar-refractivity contribution in [2.75, 3.05) is 0 Å². The Morgan fingerprint density at radius 3 is 1.33 bits per heavy atom. The Hall–Kier alpha value is -3.24. The minimum absolute atomic E-state index is 0.187. The van der Waals surface area contributed by atoms with Crippen LogP contribution in [0.3, 0.4) is 0 Å². The molecule has 5 aromatic rings. The first kappa shape index (κ1) is 24.5. The summed E-state index contributed by atoms with van der Waals surface area (Å²) in [5, 5.41) is 8.05. The number of hydrogen-bond donors (Lipinski definition) is 0. The van der Waals surface area contributed by atoms with Crippen LogP contribution in [0.4, 0.5) is 0 Å². The highest BCUT2D eigenvalue weighted by atomic mass is 31.2. The summed E-state index contributed by atoms with van der Waals surface area (Å²) in [4.78, 5) is 0. The Morgan fingerprint density at radius 2 is 0.889 bits per heavy atom. The molecule has 5 rings (SSSR count). The molecule has 0 aliphatic rings. The number of hydrogen-bond acceptors (Lipinski definition) is 1. The molecule has 178 valence electrons. The van der Waals surface area contributed by atoms with Crippen molar-refractivity contribution in [2.45, 2.75) is 19.9 Å². The van der Waals surface area contributed by atoms with E-state index in [0.717, 1.165) is 0 Å². The molecule has 0 aliphatic carbocycles. The molecular weight excluding hydrogens is 472 g/mol. The lowest BCUT2D eigenvalue weighted by atomic mass is 10.3. The third kappa shape index (κ3) is 4.87. The van der Waals surface area contributed by atoms with Gasteiger partial charge in [0, 0.05) is 22.0 Å². The average Bonchev–Trinajstić information content (AvgIpc) is 2.94. The summed E-state index contributed by atoms with van der Waals surface area (Å²) in [7, 11) is -3.07. The molecule has 3 heteroatoms. The van der Waals surface area contributed by atoms with Crippen molar-refractivity contribution in [1.29, 1.82) is 0 Å². The summed E-state index contributed by atoms with van der Waals surface area (Å²) in [6.07, 6.45) is 0. The second kappa shape index (κ2) is 11.2. The van der Waals surface area contributed by atoms with E-state index in [4.69, 9.17) is 4.74 Å². The standard InChI is InChI=1S/C33H31NP2/c1-27(2)34-36(30-21-11-5-12-22-30,31-23-13-6-14-24-31)33-26-16-15-25-32(33)35(28-17-7-3-8-18-28)29-19-9-4-10-20-29/h3-27H,1-2H3. The van der Waals surface area contributed by atoms with Gasteiger partial charge >= 0.3 is 0 Å². The highest BCUT2D eigenvalue weighted by molar-refractivity contribution is 7.90. The van der Waals surface area contributed by atoms with E-state index in [1.165, 1.54) is 31.8 Å². The molecule has 0 bridgehead atoms. The Bertz CT molecular complexity index is 1360. The lowest BCUT2D eigenvalue weighted by Gasteiger charge is -2.32. The Labute approximate surface area is 216 Å². The van der Waals surface area contributed by atoms with Crippen molar-refractivity contribution in [2.24, 2.45) is 4.74 Å². The average molecular weight is 504 g/mol. The van der Waals surface area contributed by atoms with E-state index < -0.39 is 15.0 Å². The summed E-state index contributed by atoms with van der Waals surface area (Å²) in [5.74, 6) is 0. The topological polar surface area (TPSA) is 12.4 Å². The van der Waals surface area contributed by atoms with Gasteiger partial charge in [0.25, 0.3) is 0 Å². The second-order valence-electron chi connectivity index (χ2n) is 9.01. The van der Waals surface area contributed by atoms with Gasteiger partial charge in [0.1, 0.15) is 0 Å². The maximum atomic E-state index is 5.67. The van der Waals surface area contributed by atoms with Gasteiger partial charge < -0.3 is 0 Å². The molecule has 0 unspecified atom stereocenters. The largest absolute Gasteiger partial charge is 0.287 e. The quantitative estimate of drug-likeness (QED) is 0.230. The van der Waals surface area contributed by atoms with Gasteiger partial charge in [-0.25, -0.2) is 0 Å². The van der Waals surface area contributed by atoms with Crippen molar-refractivity contribution in [1.82, 2.24) is 0 Å². The Morgan fingerprint density at radius 1 is 0.500 bits per heavy atom. The molecule has 0 saturated carbocycles. The summed E-state index contributed by atoms with van der Waals surface area (Å²) in [5.41, 5.74) is 0. The molecule has 0 atom stereocenters. The third-order valence-corrected chi connectivity index (χ3v) is 12.8. The minimum atomic E-state index is -2.30. The van der Waals surface area contributed by atoms with Crippen LogP contribution in [0.5, 0.6) is 0 Å². The second-order valence-corrected chi connectivity index (χ2v) is 14.2. The fourth-order valence-corrected chi connectivity index (χ4v) is 11.7. The van der Waals surface area contributed by atoms with Crippen LogP contribution in [0.15, 0.2) is 150 Å². The van der Waals surface area contributed by atoms with E-state index in [2.05, 4.69) is 159 Å². The molecule has 36 heavy (non-hydrogen) atoms. The van der Waals surface area contributed by atoms with E-state index in [1.807, 2.05) is 0 Å². The molecule has 0 spiro atoms. The predicted molar refractivity (Wildman–Crippen MR) is 161 cm³/mol. The van der Waals surface area contributed by atoms with Crippen LogP contribution < -0.4 is 31.8 Å². The zero-order valence-electron chi connectivity index (χ0n) is 20.8. The fraction of sp³-hybridized carbons (Fsp3) is 0.0909. The first-order valence-electron chi connectivity index (χ1n) is 12.4. The van der Waals surface area contributed by atoms with E-state index in [1.54, 1.807) is 0 Å². The SMILES string of the molecule is CC(C)N=P(c1ccccc1)(c1ccccc1)c1ccccc1P(c1ccccc1)c1ccccc1. The molecular formula is C33H31NP2. The third-order valence-electron chi connectivity index (χ3n) is 6.16. The van der Waals surface area contributed by atoms with Crippen LogP contribution in [0, 0.1) is 0 Å². The van der Waals surface area contributed by atoms with Crippen LogP contribution in [0.25, 0.3) is 0 Å². The van der Waals surface area contributed by atoms with Crippen molar-refractivity contribution in [3.63, 3.8) is 0 Å². The normalized spacial score (nSPS) is 11.6. The summed E-state index contributed by atoms with van der Waals surface area (Å²) in [6.45, 7) is 4.42. The molecule has 1 nitrogen and oxygen atoms in total. The highest BCUT2D eigenvalue weighted by Crippen LogP contribution is 2.49. The monoisotopic (exact) mass is 503 g/mol. The smallest absolute Gasteiger partial charge is 0.0557 e. The zero-order valence-corrected chi connectivity index (χ0v) is 22.6. The lowest BCUT2D eigenvalue weighted by molar-refractivity contribution is 0.848. The van der Waals surface area contributed by atoms with Crippen molar-refractivity contribution in [3.8, 4) is 0 Å². The van der Waals surface area contributed by atoms with E-state index >= 15 is 0 Å². The van der Waals surface area contributed by atoms with Gasteiger partial charge in [-0.1, -0.05) is 146 Å². The van der Waals surface area contributed by atoms with E-state index in [9.17, 15) is 0 Å². The molecule has 0 saturated heterocycles. The van der Waals surface area contributed by atoms with E-state index in [0.29, 0.717) is 0 Å². The summed E-state index contributed by atoms with van der Waals surface area (Å²) < 4.78 is 5.67. The van der Waals surface area contributed by atoms with Gasteiger partial charge in [0.05, 0.1) is 7.05 Å².